The predicted molar refractivity (Wildman–Crippen MR) is 179 cm³/mol. The van der Waals surface area contributed by atoms with E-state index in [0.717, 1.165) is 15.4 Å². The Labute approximate surface area is 273 Å². The molecule has 0 saturated heterocycles. The number of hydrogen-bond acceptors (Lipinski definition) is 4. The minimum absolute atomic E-state index is 0.00640. The maximum atomic E-state index is 14.5. The van der Waals surface area contributed by atoms with Crippen molar-refractivity contribution < 1.29 is 18.0 Å². The Kier molecular flexibility index (Phi) is 11.6. The van der Waals surface area contributed by atoms with E-state index in [9.17, 15) is 18.0 Å². The first kappa shape index (κ1) is 33.2. The molecule has 0 fully saturated rings. The molecule has 0 aliphatic carbocycles. The summed E-state index contributed by atoms with van der Waals surface area (Å²) in [5.41, 5.74) is 2.71. The largest absolute Gasteiger partial charge is 0.354 e. The van der Waals surface area contributed by atoms with Crippen molar-refractivity contribution in [3.8, 4) is 0 Å². The van der Waals surface area contributed by atoms with Gasteiger partial charge in [-0.05, 0) is 60.9 Å². The molecule has 4 aromatic carbocycles. The first-order chi connectivity index (χ1) is 21.1. The molecule has 4 aromatic rings. The Hall–Kier alpha value is -3.66. The summed E-state index contributed by atoms with van der Waals surface area (Å²) >= 11 is 9.96. The quantitative estimate of drug-likeness (QED) is 0.167. The highest BCUT2D eigenvalue weighted by Gasteiger charge is 2.34. The van der Waals surface area contributed by atoms with Crippen LogP contribution in [0.2, 0.25) is 5.02 Å². The van der Waals surface area contributed by atoms with Gasteiger partial charge in [0.25, 0.3) is 10.0 Å². The van der Waals surface area contributed by atoms with Crippen molar-refractivity contribution in [2.24, 2.45) is 0 Å². The fourth-order valence-electron chi connectivity index (χ4n) is 4.73. The summed E-state index contributed by atoms with van der Waals surface area (Å²) < 4.78 is 29.9. The topological polar surface area (TPSA) is 86.8 Å². The Morgan fingerprint density at radius 3 is 2.25 bits per heavy atom. The molecular formula is C34H35BrClN3O4S. The fourth-order valence-corrected chi connectivity index (χ4v) is 6.72. The first-order valence-corrected chi connectivity index (χ1v) is 16.9. The zero-order chi connectivity index (χ0) is 31.7. The lowest BCUT2D eigenvalue weighted by Gasteiger charge is -2.34. The standard InChI is InChI=1S/C34H35BrClN3O4S/c1-3-20-37-34(41)32(21-26-10-5-4-6-11-26)38(23-27-12-7-8-15-31(27)36)33(40)24-39(29-14-9-13-28(35)22-29)44(42,43)30-18-16-25(2)17-19-30/h4-19,22,32H,3,20-21,23-24H2,1-2H3,(H,37,41). The van der Waals surface area contributed by atoms with Gasteiger partial charge in [0, 0.05) is 29.0 Å². The molecule has 2 amide bonds. The predicted octanol–water partition coefficient (Wildman–Crippen LogP) is 6.77. The van der Waals surface area contributed by atoms with Gasteiger partial charge >= 0.3 is 0 Å². The average molecular weight is 697 g/mol. The molecule has 44 heavy (non-hydrogen) atoms. The van der Waals surface area contributed by atoms with Crippen LogP contribution in [0.4, 0.5) is 5.69 Å². The highest BCUT2D eigenvalue weighted by Crippen LogP contribution is 2.28. The molecule has 0 bridgehead atoms. The first-order valence-electron chi connectivity index (χ1n) is 14.3. The maximum absolute atomic E-state index is 14.5. The van der Waals surface area contributed by atoms with Crippen LogP contribution < -0.4 is 9.62 Å². The second-order valence-corrected chi connectivity index (χ2v) is 13.6. The number of rotatable bonds is 13. The van der Waals surface area contributed by atoms with Crippen molar-refractivity contribution >= 4 is 55.1 Å². The third-order valence-corrected chi connectivity index (χ3v) is 9.75. The molecule has 1 N–H and O–H groups in total. The molecule has 0 saturated carbocycles. The Bertz CT molecular complexity index is 1680. The molecule has 7 nitrogen and oxygen atoms in total. The lowest BCUT2D eigenvalue weighted by molar-refractivity contribution is -0.140. The molecule has 0 aliphatic heterocycles. The average Bonchev–Trinajstić information content (AvgIpc) is 3.01. The Balaban J connectivity index is 1.80. The number of nitrogens with one attached hydrogen (secondary N) is 1. The summed E-state index contributed by atoms with van der Waals surface area (Å²) in [6, 6.07) is 28.9. The van der Waals surface area contributed by atoms with Gasteiger partial charge in [-0.2, -0.15) is 0 Å². The van der Waals surface area contributed by atoms with Crippen molar-refractivity contribution in [1.29, 1.82) is 0 Å². The monoisotopic (exact) mass is 695 g/mol. The van der Waals surface area contributed by atoms with E-state index in [1.165, 1.54) is 17.0 Å². The molecular weight excluding hydrogens is 662 g/mol. The Morgan fingerprint density at radius 2 is 1.59 bits per heavy atom. The molecule has 0 radical (unpaired) electrons. The molecule has 0 aromatic heterocycles. The van der Waals surface area contributed by atoms with Gasteiger partial charge in [-0.3, -0.25) is 13.9 Å². The molecule has 0 spiro atoms. The molecule has 10 heteroatoms. The molecule has 1 atom stereocenters. The smallest absolute Gasteiger partial charge is 0.264 e. The number of hydrogen-bond donors (Lipinski definition) is 1. The van der Waals surface area contributed by atoms with Crippen LogP contribution in [0.3, 0.4) is 0 Å². The van der Waals surface area contributed by atoms with E-state index in [-0.39, 0.29) is 23.8 Å². The highest BCUT2D eigenvalue weighted by molar-refractivity contribution is 9.10. The van der Waals surface area contributed by atoms with Gasteiger partial charge < -0.3 is 10.2 Å². The number of carbonyl (C=O) groups excluding carboxylic acids is 2. The van der Waals surface area contributed by atoms with Gasteiger partial charge in [-0.1, -0.05) is 107 Å². The number of amides is 2. The van der Waals surface area contributed by atoms with Crippen molar-refractivity contribution in [3.05, 3.63) is 129 Å². The van der Waals surface area contributed by atoms with Gasteiger partial charge in [-0.15, -0.1) is 0 Å². The van der Waals surface area contributed by atoms with E-state index in [2.05, 4.69) is 21.2 Å². The normalized spacial score (nSPS) is 11.9. The number of carbonyl (C=O) groups is 2. The summed E-state index contributed by atoms with van der Waals surface area (Å²) in [6.07, 6.45) is 0.946. The van der Waals surface area contributed by atoms with Gasteiger partial charge in [-0.25, -0.2) is 8.42 Å². The van der Waals surface area contributed by atoms with Gasteiger partial charge in [0.2, 0.25) is 11.8 Å². The van der Waals surface area contributed by atoms with Crippen LogP contribution in [-0.4, -0.2) is 44.3 Å². The van der Waals surface area contributed by atoms with Crippen LogP contribution in [0.25, 0.3) is 0 Å². The zero-order valence-electron chi connectivity index (χ0n) is 24.6. The van der Waals surface area contributed by atoms with Crippen LogP contribution in [0.5, 0.6) is 0 Å². The van der Waals surface area contributed by atoms with Gasteiger partial charge in [0.15, 0.2) is 0 Å². The van der Waals surface area contributed by atoms with Crippen molar-refractivity contribution in [2.45, 2.75) is 44.2 Å². The van der Waals surface area contributed by atoms with Crippen molar-refractivity contribution in [3.63, 3.8) is 0 Å². The number of halogens is 2. The minimum atomic E-state index is -4.18. The van der Waals surface area contributed by atoms with Crippen LogP contribution >= 0.6 is 27.5 Å². The van der Waals surface area contributed by atoms with E-state index in [0.29, 0.717) is 33.7 Å². The molecule has 4 rings (SSSR count). The maximum Gasteiger partial charge on any atom is 0.264 e. The van der Waals surface area contributed by atoms with Crippen LogP contribution in [0.15, 0.2) is 112 Å². The third-order valence-electron chi connectivity index (χ3n) is 7.10. The van der Waals surface area contributed by atoms with E-state index in [4.69, 9.17) is 11.6 Å². The summed E-state index contributed by atoms with van der Waals surface area (Å²) in [4.78, 5) is 29.6. The lowest BCUT2D eigenvalue weighted by Crippen LogP contribution is -2.53. The van der Waals surface area contributed by atoms with Crippen LogP contribution in [-0.2, 0) is 32.6 Å². The van der Waals surface area contributed by atoms with Crippen LogP contribution in [0, 0.1) is 6.92 Å². The molecule has 1 unspecified atom stereocenters. The Morgan fingerprint density at radius 1 is 0.909 bits per heavy atom. The molecule has 0 heterocycles. The lowest BCUT2D eigenvalue weighted by atomic mass is 10.0. The fraction of sp³-hybridized carbons (Fsp3) is 0.235. The second kappa shape index (κ2) is 15.4. The van der Waals surface area contributed by atoms with E-state index in [1.807, 2.05) is 50.2 Å². The summed E-state index contributed by atoms with van der Waals surface area (Å²) in [7, 11) is -4.18. The summed E-state index contributed by atoms with van der Waals surface area (Å²) in [6.45, 7) is 3.72. The van der Waals surface area contributed by atoms with Crippen molar-refractivity contribution in [2.75, 3.05) is 17.4 Å². The number of benzene rings is 4. The number of nitrogens with zero attached hydrogens (tertiary/aromatic N) is 2. The summed E-state index contributed by atoms with van der Waals surface area (Å²) in [5, 5.41) is 3.38. The molecule has 230 valence electrons. The molecule has 0 aliphatic rings. The zero-order valence-corrected chi connectivity index (χ0v) is 27.8. The summed E-state index contributed by atoms with van der Waals surface area (Å²) in [5.74, 6) is -0.875. The van der Waals surface area contributed by atoms with Crippen molar-refractivity contribution in [1.82, 2.24) is 10.2 Å². The SMILES string of the molecule is CCCNC(=O)C(Cc1ccccc1)N(Cc1ccccc1Cl)C(=O)CN(c1cccc(Br)c1)S(=O)(=O)c1ccc(C)cc1. The van der Waals surface area contributed by atoms with Gasteiger partial charge in [0.05, 0.1) is 10.6 Å². The number of aryl methyl sites for hydroxylation is 1. The third kappa shape index (κ3) is 8.49. The van der Waals surface area contributed by atoms with Gasteiger partial charge in [0.1, 0.15) is 12.6 Å². The highest BCUT2D eigenvalue weighted by atomic mass is 79.9. The minimum Gasteiger partial charge on any atom is -0.354 e. The number of anilines is 1. The van der Waals surface area contributed by atoms with Crippen LogP contribution in [0.1, 0.15) is 30.0 Å². The number of sulfonamides is 1. The van der Waals surface area contributed by atoms with E-state index in [1.54, 1.807) is 54.6 Å². The van der Waals surface area contributed by atoms with E-state index >= 15 is 0 Å². The second-order valence-electron chi connectivity index (χ2n) is 10.4. The van der Waals surface area contributed by atoms with E-state index < -0.39 is 28.5 Å².